The molecule has 0 saturated carbocycles. The van der Waals surface area contributed by atoms with Crippen LogP contribution in [0.3, 0.4) is 0 Å². The van der Waals surface area contributed by atoms with Crippen molar-refractivity contribution in [2.24, 2.45) is 11.5 Å². The molecule has 0 aromatic rings. The Bertz CT molecular complexity index is 981. The van der Waals surface area contributed by atoms with Gasteiger partial charge < -0.3 is 41.8 Å². The molecule has 0 aliphatic heterocycles. The van der Waals surface area contributed by atoms with Gasteiger partial charge in [-0.1, -0.05) is 154 Å². The zero-order valence-electron chi connectivity index (χ0n) is 42.6. The first-order valence-corrected chi connectivity index (χ1v) is 27.2. The summed E-state index contributed by atoms with van der Waals surface area (Å²) >= 11 is 0. The first-order valence-electron chi connectivity index (χ1n) is 27.2. The standard InChI is InChI=1S/C54H110N6O3/c1-5-7-9-11-13-15-17-19-21-23-25-27-29-31-33-35-48-62-51-54(50-60(3)4,41-47-59-53(61)52(58-46-39-43-56)40-37-44-57-45-38-42-55)63-49-36-34-32-30-28-26-24-22-20-18-16-14-12-10-8-6-2/h19-22,52,57-58H,5-18,23-51,55-56H2,1-4H3,(H,59,61). The number of likely N-dealkylation sites (N-methyl/N-ethyl adjacent to an activating group) is 1. The van der Waals surface area contributed by atoms with Crippen LogP contribution in [0.2, 0.25) is 0 Å². The molecule has 7 N–H and O–H groups in total. The number of amides is 1. The van der Waals surface area contributed by atoms with E-state index < -0.39 is 5.60 Å². The quantitative estimate of drug-likeness (QED) is 0.0302. The fourth-order valence-electron chi connectivity index (χ4n) is 8.30. The Balaban J connectivity index is 4.91. The van der Waals surface area contributed by atoms with E-state index in [0.29, 0.717) is 32.7 Å². The Morgan fingerprint density at radius 1 is 0.556 bits per heavy atom. The van der Waals surface area contributed by atoms with E-state index in [9.17, 15) is 4.79 Å². The molecule has 0 aromatic carbocycles. The van der Waals surface area contributed by atoms with Crippen molar-refractivity contribution < 1.29 is 14.3 Å². The number of ether oxygens (including phenoxy) is 2. The van der Waals surface area contributed by atoms with Crippen molar-refractivity contribution in [2.75, 3.05) is 79.7 Å². The third-order valence-electron chi connectivity index (χ3n) is 12.2. The van der Waals surface area contributed by atoms with E-state index in [-0.39, 0.29) is 11.9 Å². The lowest BCUT2D eigenvalue weighted by molar-refractivity contribution is -0.126. The summed E-state index contributed by atoms with van der Waals surface area (Å²) in [5.74, 6) is 0.0612. The Kier molecular flexibility index (Phi) is 49.0. The van der Waals surface area contributed by atoms with Crippen LogP contribution in [0.4, 0.5) is 0 Å². The molecule has 9 heteroatoms. The highest BCUT2D eigenvalue weighted by atomic mass is 16.5. The Morgan fingerprint density at radius 3 is 1.49 bits per heavy atom. The number of carbonyl (C=O) groups excluding carboxylic acids is 1. The van der Waals surface area contributed by atoms with Crippen LogP contribution in [-0.4, -0.2) is 102 Å². The molecule has 0 spiro atoms. The molecule has 0 bridgehead atoms. The third-order valence-corrected chi connectivity index (χ3v) is 12.2. The van der Waals surface area contributed by atoms with Crippen LogP contribution in [-0.2, 0) is 14.3 Å². The van der Waals surface area contributed by atoms with Crippen molar-refractivity contribution in [1.82, 2.24) is 20.9 Å². The summed E-state index contributed by atoms with van der Waals surface area (Å²) in [5.41, 5.74) is 10.9. The normalized spacial score (nSPS) is 13.5. The van der Waals surface area contributed by atoms with Gasteiger partial charge in [0.25, 0.3) is 0 Å². The highest BCUT2D eigenvalue weighted by Gasteiger charge is 2.33. The van der Waals surface area contributed by atoms with Crippen LogP contribution in [0, 0.1) is 0 Å². The molecule has 9 nitrogen and oxygen atoms in total. The van der Waals surface area contributed by atoms with Crippen LogP contribution >= 0.6 is 0 Å². The number of carbonyl (C=O) groups is 1. The van der Waals surface area contributed by atoms with Gasteiger partial charge in [-0.25, -0.2) is 0 Å². The molecule has 0 radical (unpaired) electrons. The van der Waals surface area contributed by atoms with Crippen LogP contribution in [0.5, 0.6) is 0 Å². The molecule has 0 fully saturated rings. The van der Waals surface area contributed by atoms with Gasteiger partial charge in [0, 0.05) is 26.3 Å². The van der Waals surface area contributed by atoms with Crippen molar-refractivity contribution in [2.45, 2.75) is 237 Å². The Hall–Kier alpha value is -1.33. The van der Waals surface area contributed by atoms with Crippen molar-refractivity contribution >= 4 is 5.91 Å². The van der Waals surface area contributed by atoms with Crippen LogP contribution in [0.1, 0.15) is 226 Å². The lowest BCUT2D eigenvalue weighted by atomic mass is 9.99. The molecule has 0 rings (SSSR count). The monoisotopic (exact) mass is 891 g/mol. The zero-order valence-corrected chi connectivity index (χ0v) is 42.6. The maximum absolute atomic E-state index is 13.5. The largest absolute Gasteiger partial charge is 0.378 e. The van der Waals surface area contributed by atoms with E-state index in [2.05, 4.69) is 73.1 Å². The van der Waals surface area contributed by atoms with Gasteiger partial charge >= 0.3 is 0 Å². The number of nitrogens with one attached hydrogen (secondary N) is 3. The Labute approximate surface area is 392 Å². The SMILES string of the molecule is CCCCCCCCC=CCCCCCCCCOCC(CCNC(=O)C(CCCNCCCN)NCCCN)(CN(C)C)OCCCCCCCCC=CCCCCCCCC. The molecule has 0 aliphatic carbocycles. The number of hydrogen-bond acceptors (Lipinski definition) is 8. The van der Waals surface area contributed by atoms with Crippen molar-refractivity contribution in [1.29, 1.82) is 0 Å². The fourth-order valence-corrected chi connectivity index (χ4v) is 8.30. The van der Waals surface area contributed by atoms with Gasteiger partial charge in [0.15, 0.2) is 0 Å². The first-order chi connectivity index (χ1) is 30.9. The summed E-state index contributed by atoms with van der Waals surface area (Å²) in [4.78, 5) is 15.8. The molecular weight excluding hydrogens is 781 g/mol. The molecular formula is C54H110N6O3. The zero-order chi connectivity index (χ0) is 46.0. The summed E-state index contributed by atoms with van der Waals surface area (Å²) in [6, 6.07) is -0.235. The second-order valence-electron chi connectivity index (χ2n) is 18.9. The number of hydrogen-bond donors (Lipinski definition) is 5. The van der Waals surface area contributed by atoms with Crippen molar-refractivity contribution in [3.63, 3.8) is 0 Å². The average Bonchev–Trinajstić information content (AvgIpc) is 3.27. The molecule has 0 heterocycles. The maximum atomic E-state index is 13.5. The first kappa shape index (κ1) is 61.7. The summed E-state index contributed by atoms with van der Waals surface area (Å²) in [7, 11) is 4.23. The van der Waals surface area contributed by atoms with Crippen molar-refractivity contribution in [3.05, 3.63) is 24.3 Å². The maximum Gasteiger partial charge on any atom is 0.237 e. The molecule has 0 aliphatic rings. The van der Waals surface area contributed by atoms with Crippen LogP contribution < -0.4 is 27.4 Å². The van der Waals surface area contributed by atoms with E-state index >= 15 is 0 Å². The highest BCUT2D eigenvalue weighted by Crippen LogP contribution is 2.21. The smallest absolute Gasteiger partial charge is 0.237 e. The van der Waals surface area contributed by atoms with Gasteiger partial charge in [-0.2, -0.15) is 0 Å². The third kappa shape index (κ3) is 44.3. The van der Waals surface area contributed by atoms with Gasteiger partial charge in [0.1, 0.15) is 5.60 Å². The number of allylic oxidation sites excluding steroid dienone is 4. The van der Waals surface area contributed by atoms with Gasteiger partial charge in [0.05, 0.1) is 12.6 Å². The predicted octanol–water partition coefficient (Wildman–Crippen LogP) is 11.9. The number of nitrogens with two attached hydrogens (primary N) is 2. The minimum atomic E-state index is -0.476. The molecule has 0 saturated heterocycles. The van der Waals surface area contributed by atoms with Gasteiger partial charge in [-0.3, -0.25) is 4.79 Å². The second-order valence-corrected chi connectivity index (χ2v) is 18.9. The Morgan fingerprint density at radius 2 is 1.00 bits per heavy atom. The van der Waals surface area contributed by atoms with E-state index in [1.54, 1.807) is 0 Å². The summed E-state index contributed by atoms with van der Waals surface area (Å²) in [6.45, 7) is 11.8. The molecule has 63 heavy (non-hydrogen) atoms. The van der Waals surface area contributed by atoms with E-state index in [1.165, 1.54) is 167 Å². The second kappa shape index (κ2) is 50.1. The lowest BCUT2D eigenvalue weighted by Crippen LogP contribution is -2.51. The van der Waals surface area contributed by atoms with E-state index in [4.69, 9.17) is 20.9 Å². The average molecular weight is 892 g/mol. The van der Waals surface area contributed by atoms with E-state index in [0.717, 1.165) is 77.9 Å². The molecule has 2 unspecified atom stereocenters. The molecule has 1 amide bonds. The number of nitrogens with zero attached hydrogens (tertiary/aromatic N) is 1. The minimum Gasteiger partial charge on any atom is -0.378 e. The van der Waals surface area contributed by atoms with Crippen molar-refractivity contribution in [3.8, 4) is 0 Å². The molecule has 2 atom stereocenters. The summed E-state index contributed by atoms with van der Waals surface area (Å²) in [5, 5.41) is 10.2. The topological polar surface area (TPSA) is 127 Å². The minimum absolute atomic E-state index is 0.0612. The molecule has 374 valence electrons. The number of unbranched alkanes of at least 4 members (excludes halogenated alkanes) is 24. The van der Waals surface area contributed by atoms with Crippen LogP contribution in [0.25, 0.3) is 0 Å². The van der Waals surface area contributed by atoms with E-state index in [1.807, 2.05) is 0 Å². The molecule has 0 aromatic heterocycles. The lowest BCUT2D eigenvalue weighted by Gasteiger charge is -2.36. The van der Waals surface area contributed by atoms with Crippen LogP contribution in [0.15, 0.2) is 24.3 Å². The van der Waals surface area contributed by atoms with Gasteiger partial charge in [0.2, 0.25) is 5.91 Å². The summed E-state index contributed by atoms with van der Waals surface area (Å²) < 4.78 is 13.3. The van der Waals surface area contributed by atoms with Gasteiger partial charge in [-0.15, -0.1) is 0 Å². The predicted molar refractivity (Wildman–Crippen MR) is 276 cm³/mol. The highest BCUT2D eigenvalue weighted by molar-refractivity contribution is 5.81. The fraction of sp³-hybridized carbons (Fsp3) is 0.907. The van der Waals surface area contributed by atoms with Gasteiger partial charge in [-0.05, 0) is 143 Å². The number of rotatable bonds is 52. The summed E-state index contributed by atoms with van der Waals surface area (Å²) in [6.07, 6.45) is 50.2.